The summed E-state index contributed by atoms with van der Waals surface area (Å²) in [6.07, 6.45) is 0. The number of hydrogen-bond acceptors (Lipinski definition) is 4. The number of nitrogens with one attached hydrogen (secondary N) is 1. The van der Waals surface area contributed by atoms with Crippen molar-refractivity contribution in [3.63, 3.8) is 0 Å². The maximum Gasteiger partial charge on any atom is 0.241 e. The first kappa shape index (κ1) is 14.6. The predicted octanol–water partition coefficient (Wildman–Crippen LogP) is 0.396. The smallest absolute Gasteiger partial charge is 0.241 e. The van der Waals surface area contributed by atoms with Gasteiger partial charge in [-0.2, -0.15) is 0 Å². The van der Waals surface area contributed by atoms with Gasteiger partial charge in [-0.1, -0.05) is 18.2 Å². The van der Waals surface area contributed by atoms with E-state index in [4.69, 9.17) is 10.8 Å². The van der Waals surface area contributed by atoms with Crippen molar-refractivity contribution in [1.29, 1.82) is 0 Å². The molecule has 1 atom stereocenters. The first-order valence-electron chi connectivity index (χ1n) is 6.00. The summed E-state index contributed by atoms with van der Waals surface area (Å²) in [5, 5.41) is 11.7. The van der Waals surface area contributed by atoms with Gasteiger partial charge in [-0.3, -0.25) is 9.69 Å². The molecule has 0 radical (unpaired) electrons. The van der Waals surface area contributed by atoms with Crippen LogP contribution in [0.2, 0.25) is 0 Å². The number of likely N-dealkylation sites (N-methyl/N-ethyl adjacent to an activating group) is 1. The number of para-hydroxylation sites is 1. The first-order valence-corrected chi connectivity index (χ1v) is 6.00. The van der Waals surface area contributed by atoms with E-state index >= 15 is 0 Å². The summed E-state index contributed by atoms with van der Waals surface area (Å²) in [6, 6.07) is 7.16. The van der Waals surface area contributed by atoms with E-state index < -0.39 is 0 Å². The molecule has 5 nitrogen and oxygen atoms in total. The highest BCUT2D eigenvalue weighted by Crippen LogP contribution is 2.14. The van der Waals surface area contributed by atoms with Crippen molar-refractivity contribution in [2.24, 2.45) is 5.73 Å². The monoisotopic (exact) mass is 251 g/mol. The number of hydrogen-bond donors (Lipinski definition) is 3. The second-order valence-electron chi connectivity index (χ2n) is 4.23. The molecule has 0 aromatic heterocycles. The van der Waals surface area contributed by atoms with Crippen molar-refractivity contribution in [2.45, 2.75) is 19.5 Å². The van der Waals surface area contributed by atoms with E-state index in [0.717, 1.165) is 11.3 Å². The van der Waals surface area contributed by atoms with Crippen LogP contribution in [0.3, 0.4) is 0 Å². The Balaban J connectivity index is 2.69. The molecule has 0 spiro atoms. The molecule has 1 rings (SSSR count). The lowest BCUT2D eigenvalue weighted by Gasteiger charge is -2.23. The highest BCUT2D eigenvalue weighted by Gasteiger charge is 2.18. The molecule has 1 unspecified atom stereocenters. The van der Waals surface area contributed by atoms with E-state index in [2.05, 4.69) is 5.32 Å². The van der Waals surface area contributed by atoms with Crippen LogP contribution in [0, 0.1) is 0 Å². The zero-order valence-electron chi connectivity index (χ0n) is 10.9. The van der Waals surface area contributed by atoms with Crippen LogP contribution in [-0.2, 0) is 11.3 Å². The van der Waals surface area contributed by atoms with Crippen molar-refractivity contribution >= 4 is 11.6 Å². The highest BCUT2D eigenvalue weighted by atomic mass is 16.3. The fourth-order valence-electron chi connectivity index (χ4n) is 1.61. The van der Waals surface area contributed by atoms with Crippen molar-refractivity contribution in [1.82, 2.24) is 4.90 Å². The first-order chi connectivity index (χ1) is 8.60. The fraction of sp³-hybridized carbons (Fsp3) is 0.462. The Morgan fingerprint density at radius 2 is 2.17 bits per heavy atom. The van der Waals surface area contributed by atoms with Gasteiger partial charge in [-0.05, 0) is 25.6 Å². The quantitative estimate of drug-likeness (QED) is 0.683. The largest absolute Gasteiger partial charge is 0.395 e. The number of nitrogens with zero attached hydrogens (tertiary/aromatic N) is 1. The summed E-state index contributed by atoms with van der Waals surface area (Å²) >= 11 is 0. The van der Waals surface area contributed by atoms with Crippen molar-refractivity contribution in [3.05, 3.63) is 29.8 Å². The molecule has 1 amide bonds. The number of aliphatic hydroxyl groups is 1. The Hall–Kier alpha value is -1.43. The molecular weight excluding hydrogens is 230 g/mol. The average molecular weight is 251 g/mol. The number of nitrogens with two attached hydrogens (primary N) is 1. The van der Waals surface area contributed by atoms with Crippen molar-refractivity contribution < 1.29 is 9.90 Å². The van der Waals surface area contributed by atoms with Crippen molar-refractivity contribution in [3.8, 4) is 0 Å². The van der Waals surface area contributed by atoms with Gasteiger partial charge >= 0.3 is 0 Å². The number of carbonyl (C=O) groups is 1. The highest BCUT2D eigenvalue weighted by molar-refractivity contribution is 5.95. The summed E-state index contributed by atoms with van der Waals surface area (Å²) in [6.45, 7) is 2.69. The molecule has 18 heavy (non-hydrogen) atoms. The number of carbonyl (C=O) groups excluding carboxylic acids is 1. The minimum atomic E-state index is -0.303. The lowest BCUT2D eigenvalue weighted by atomic mass is 10.1. The van der Waals surface area contributed by atoms with Gasteiger partial charge in [0, 0.05) is 18.8 Å². The number of amides is 1. The molecular formula is C13H21N3O2. The molecule has 0 aliphatic heterocycles. The molecule has 100 valence electrons. The van der Waals surface area contributed by atoms with Crippen LogP contribution in [-0.4, -0.2) is 42.2 Å². The number of aliphatic hydroxyl groups excluding tert-OH is 1. The Bertz CT molecular complexity index is 396. The second kappa shape index (κ2) is 7.10. The number of anilines is 1. The summed E-state index contributed by atoms with van der Waals surface area (Å²) in [4.78, 5) is 13.8. The normalized spacial score (nSPS) is 12.5. The molecule has 1 aromatic carbocycles. The van der Waals surface area contributed by atoms with Crippen LogP contribution in [0.1, 0.15) is 12.5 Å². The average Bonchev–Trinajstić information content (AvgIpc) is 2.38. The Labute approximate surface area is 108 Å². The minimum absolute atomic E-state index is 0.0352. The van der Waals surface area contributed by atoms with Crippen LogP contribution >= 0.6 is 0 Å². The van der Waals surface area contributed by atoms with E-state index in [1.807, 2.05) is 24.3 Å². The third-order valence-corrected chi connectivity index (χ3v) is 2.99. The summed E-state index contributed by atoms with van der Waals surface area (Å²) in [7, 11) is 1.80. The second-order valence-corrected chi connectivity index (χ2v) is 4.23. The van der Waals surface area contributed by atoms with Crippen LogP contribution < -0.4 is 11.1 Å². The van der Waals surface area contributed by atoms with Gasteiger partial charge in [0.25, 0.3) is 0 Å². The van der Waals surface area contributed by atoms with Gasteiger partial charge in [0.15, 0.2) is 0 Å². The van der Waals surface area contributed by atoms with Crippen LogP contribution in [0.5, 0.6) is 0 Å². The predicted molar refractivity (Wildman–Crippen MR) is 72.1 cm³/mol. The molecule has 0 bridgehead atoms. The van der Waals surface area contributed by atoms with Crippen LogP contribution in [0.4, 0.5) is 5.69 Å². The van der Waals surface area contributed by atoms with Gasteiger partial charge in [0.2, 0.25) is 5.91 Å². The summed E-state index contributed by atoms with van der Waals surface area (Å²) < 4.78 is 0. The van der Waals surface area contributed by atoms with Crippen molar-refractivity contribution in [2.75, 3.05) is 25.5 Å². The lowest BCUT2D eigenvalue weighted by Crippen LogP contribution is -2.41. The SMILES string of the molecule is CC(C(=O)Nc1ccccc1CN)N(C)CCO. The van der Waals surface area contributed by atoms with Gasteiger partial charge in [0.05, 0.1) is 12.6 Å². The van der Waals surface area contributed by atoms with Gasteiger partial charge < -0.3 is 16.2 Å². The standard InChI is InChI=1S/C13H21N3O2/c1-10(16(2)7-8-17)13(18)15-12-6-4-3-5-11(12)9-14/h3-6,10,17H,7-9,14H2,1-2H3,(H,15,18). The molecule has 0 saturated carbocycles. The fourth-order valence-corrected chi connectivity index (χ4v) is 1.61. The Morgan fingerprint density at radius 3 is 2.78 bits per heavy atom. The molecule has 0 fully saturated rings. The number of benzene rings is 1. The molecule has 0 heterocycles. The summed E-state index contributed by atoms with van der Waals surface area (Å²) in [5.41, 5.74) is 7.27. The molecule has 5 heteroatoms. The van der Waals surface area contributed by atoms with Gasteiger partial charge in [0.1, 0.15) is 0 Å². The van der Waals surface area contributed by atoms with E-state index in [9.17, 15) is 4.79 Å². The maximum atomic E-state index is 12.0. The Morgan fingerprint density at radius 1 is 1.50 bits per heavy atom. The molecule has 1 aromatic rings. The third kappa shape index (κ3) is 3.80. The molecule has 0 saturated heterocycles. The topological polar surface area (TPSA) is 78.6 Å². The van der Waals surface area contributed by atoms with Gasteiger partial charge in [-0.25, -0.2) is 0 Å². The van der Waals surface area contributed by atoms with E-state index in [0.29, 0.717) is 13.1 Å². The maximum absolute atomic E-state index is 12.0. The number of rotatable bonds is 6. The minimum Gasteiger partial charge on any atom is -0.395 e. The Kier molecular flexibility index (Phi) is 5.77. The molecule has 0 aliphatic carbocycles. The van der Waals surface area contributed by atoms with E-state index in [-0.39, 0.29) is 18.6 Å². The van der Waals surface area contributed by atoms with E-state index in [1.54, 1.807) is 18.9 Å². The third-order valence-electron chi connectivity index (χ3n) is 2.99. The van der Waals surface area contributed by atoms with Gasteiger partial charge in [-0.15, -0.1) is 0 Å². The zero-order valence-corrected chi connectivity index (χ0v) is 10.9. The summed E-state index contributed by atoms with van der Waals surface area (Å²) in [5.74, 6) is -0.105. The van der Waals surface area contributed by atoms with Crippen LogP contribution in [0.15, 0.2) is 24.3 Å². The van der Waals surface area contributed by atoms with E-state index in [1.165, 1.54) is 0 Å². The zero-order chi connectivity index (χ0) is 13.5. The van der Waals surface area contributed by atoms with Crippen LogP contribution in [0.25, 0.3) is 0 Å². The lowest BCUT2D eigenvalue weighted by molar-refractivity contribution is -0.120. The molecule has 4 N–H and O–H groups in total. The molecule has 0 aliphatic rings.